The molecule has 98 valence electrons. The minimum atomic E-state index is -2.79. The second-order valence-corrected chi connectivity index (χ2v) is 6.08. The third-order valence-electron chi connectivity index (χ3n) is 2.49. The fourth-order valence-corrected chi connectivity index (χ4v) is 2.88. The molecule has 1 saturated heterocycles. The van der Waals surface area contributed by atoms with E-state index in [0.717, 1.165) is 5.76 Å². The molecular formula is C11H20N2O3S. The van der Waals surface area contributed by atoms with Gasteiger partial charge < -0.3 is 4.42 Å². The highest BCUT2D eigenvalue weighted by Crippen LogP contribution is 2.10. The van der Waals surface area contributed by atoms with Crippen molar-refractivity contribution >= 4 is 9.84 Å². The predicted molar refractivity (Wildman–Crippen MR) is 66.5 cm³/mol. The Morgan fingerprint density at radius 2 is 1.94 bits per heavy atom. The summed E-state index contributed by atoms with van der Waals surface area (Å²) in [6.07, 6.45) is 1.69. The van der Waals surface area contributed by atoms with Crippen LogP contribution in [0, 0.1) is 6.92 Å². The first-order valence-corrected chi connectivity index (χ1v) is 7.71. The first kappa shape index (κ1) is 14.2. The first-order chi connectivity index (χ1) is 8.05. The average Bonchev–Trinajstić information content (AvgIpc) is 2.70. The molecule has 0 unspecified atom stereocenters. The van der Waals surface area contributed by atoms with Crippen LogP contribution in [0.3, 0.4) is 0 Å². The molecule has 0 amide bonds. The van der Waals surface area contributed by atoms with E-state index >= 15 is 0 Å². The van der Waals surface area contributed by atoms with E-state index in [1.54, 1.807) is 13.1 Å². The van der Waals surface area contributed by atoms with E-state index in [4.69, 9.17) is 4.42 Å². The summed E-state index contributed by atoms with van der Waals surface area (Å²) in [5.41, 5.74) is 0. The SMILES string of the molecule is CC.Cc1ncc(CN2CCS(=O)(=O)CC2)o1. The number of nitrogens with zero attached hydrogens (tertiary/aromatic N) is 2. The minimum absolute atomic E-state index is 0.250. The molecule has 17 heavy (non-hydrogen) atoms. The Morgan fingerprint density at radius 1 is 1.35 bits per heavy atom. The summed E-state index contributed by atoms with van der Waals surface area (Å²) in [7, 11) is -2.79. The molecule has 1 aromatic heterocycles. The molecule has 2 rings (SSSR count). The molecule has 0 atom stereocenters. The molecule has 0 spiro atoms. The van der Waals surface area contributed by atoms with Gasteiger partial charge in [-0.3, -0.25) is 4.90 Å². The molecule has 0 saturated carbocycles. The van der Waals surface area contributed by atoms with Crippen LogP contribution in [0.25, 0.3) is 0 Å². The molecule has 1 fully saturated rings. The molecular weight excluding hydrogens is 240 g/mol. The Kier molecular flexibility index (Phi) is 5.14. The Labute approximate surface area is 103 Å². The number of rotatable bonds is 2. The van der Waals surface area contributed by atoms with Crippen molar-refractivity contribution in [3.05, 3.63) is 17.8 Å². The lowest BCUT2D eigenvalue weighted by Crippen LogP contribution is -2.39. The summed E-state index contributed by atoms with van der Waals surface area (Å²) in [5.74, 6) is 1.95. The highest BCUT2D eigenvalue weighted by atomic mass is 32.2. The summed E-state index contributed by atoms with van der Waals surface area (Å²) in [4.78, 5) is 6.07. The van der Waals surface area contributed by atoms with E-state index in [1.165, 1.54) is 0 Å². The molecule has 0 aromatic carbocycles. The van der Waals surface area contributed by atoms with Gasteiger partial charge in [0.1, 0.15) is 5.76 Å². The van der Waals surface area contributed by atoms with Crippen LogP contribution in [0.4, 0.5) is 0 Å². The van der Waals surface area contributed by atoms with E-state index in [9.17, 15) is 8.42 Å². The van der Waals surface area contributed by atoms with E-state index in [0.29, 0.717) is 25.5 Å². The summed E-state index contributed by atoms with van der Waals surface area (Å²) in [5, 5.41) is 0. The normalized spacial score (nSPS) is 19.5. The fraction of sp³-hybridized carbons (Fsp3) is 0.727. The lowest BCUT2D eigenvalue weighted by Gasteiger charge is -2.25. The van der Waals surface area contributed by atoms with Crippen molar-refractivity contribution in [3.8, 4) is 0 Å². The molecule has 2 heterocycles. The van der Waals surface area contributed by atoms with Crippen LogP contribution in [0.2, 0.25) is 0 Å². The van der Waals surface area contributed by atoms with Gasteiger partial charge in [-0.05, 0) is 0 Å². The quantitative estimate of drug-likeness (QED) is 0.800. The number of hydrogen-bond acceptors (Lipinski definition) is 5. The van der Waals surface area contributed by atoms with Crippen molar-refractivity contribution in [2.24, 2.45) is 0 Å². The van der Waals surface area contributed by atoms with E-state index in [-0.39, 0.29) is 11.5 Å². The molecule has 1 aliphatic rings. The second kappa shape index (κ2) is 6.16. The van der Waals surface area contributed by atoms with Crippen LogP contribution < -0.4 is 0 Å². The van der Waals surface area contributed by atoms with Gasteiger partial charge in [-0.1, -0.05) is 13.8 Å². The van der Waals surface area contributed by atoms with Gasteiger partial charge in [-0.15, -0.1) is 0 Å². The maximum Gasteiger partial charge on any atom is 0.191 e. The van der Waals surface area contributed by atoms with Crippen LogP contribution in [-0.4, -0.2) is 42.9 Å². The summed E-state index contributed by atoms with van der Waals surface area (Å²) >= 11 is 0. The zero-order valence-corrected chi connectivity index (χ0v) is 11.5. The number of oxazole rings is 1. The molecule has 0 radical (unpaired) electrons. The Bertz CT molecular complexity index is 425. The smallest absolute Gasteiger partial charge is 0.191 e. The number of aromatic nitrogens is 1. The van der Waals surface area contributed by atoms with Gasteiger partial charge in [0.05, 0.1) is 24.2 Å². The molecule has 0 N–H and O–H groups in total. The molecule has 5 nitrogen and oxygen atoms in total. The monoisotopic (exact) mass is 260 g/mol. The van der Waals surface area contributed by atoms with E-state index in [1.807, 2.05) is 13.8 Å². The Balaban J connectivity index is 0.000000686. The van der Waals surface area contributed by atoms with Crippen LogP contribution >= 0.6 is 0 Å². The maximum absolute atomic E-state index is 11.2. The van der Waals surface area contributed by atoms with Gasteiger partial charge in [0.15, 0.2) is 15.7 Å². The number of aryl methyl sites for hydroxylation is 1. The fourth-order valence-electron chi connectivity index (χ4n) is 1.61. The van der Waals surface area contributed by atoms with Gasteiger partial charge in [-0.25, -0.2) is 13.4 Å². The molecule has 1 aromatic rings. The average molecular weight is 260 g/mol. The standard InChI is InChI=1S/C9H14N2O3S.C2H6/c1-8-10-6-9(14-8)7-11-2-4-15(12,13)5-3-11;1-2/h6H,2-5,7H2,1H3;1-2H3. The van der Waals surface area contributed by atoms with Crippen molar-refractivity contribution in [3.63, 3.8) is 0 Å². The number of hydrogen-bond donors (Lipinski definition) is 0. The topological polar surface area (TPSA) is 63.4 Å². The predicted octanol–water partition coefficient (Wildman–Crippen LogP) is 1.24. The van der Waals surface area contributed by atoms with Crippen molar-refractivity contribution < 1.29 is 12.8 Å². The summed E-state index contributed by atoms with van der Waals surface area (Å²) < 4.78 is 27.7. The van der Waals surface area contributed by atoms with Gasteiger partial charge in [0.2, 0.25) is 0 Å². The van der Waals surface area contributed by atoms with Crippen molar-refractivity contribution in [1.82, 2.24) is 9.88 Å². The first-order valence-electron chi connectivity index (χ1n) is 5.89. The van der Waals surface area contributed by atoms with Crippen LogP contribution in [-0.2, 0) is 16.4 Å². The Hall–Kier alpha value is -0.880. The minimum Gasteiger partial charge on any atom is -0.445 e. The van der Waals surface area contributed by atoms with Crippen LogP contribution in [0.15, 0.2) is 10.6 Å². The van der Waals surface area contributed by atoms with E-state index < -0.39 is 9.84 Å². The van der Waals surface area contributed by atoms with E-state index in [2.05, 4.69) is 9.88 Å². The molecule has 0 aliphatic carbocycles. The van der Waals surface area contributed by atoms with Crippen molar-refractivity contribution in [2.75, 3.05) is 24.6 Å². The summed E-state index contributed by atoms with van der Waals surface area (Å²) in [6, 6.07) is 0. The third-order valence-corrected chi connectivity index (χ3v) is 4.09. The number of sulfone groups is 1. The molecule has 1 aliphatic heterocycles. The molecule has 6 heteroatoms. The van der Waals surface area contributed by atoms with Crippen molar-refractivity contribution in [1.29, 1.82) is 0 Å². The maximum atomic E-state index is 11.2. The lowest BCUT2D eigenvalue weighted by molar-refractivity contribution is 0.260. The van der Waals surface area contributed by atoms with Gasteiger partial charge in [0.25, 0.3) is 0 Å². The van der Waals surface area contributed by atoms with Crippen molar-refractivity contribution in [2.45, 2.75) is 27.3 Å². The van der Waals surface area contributed by atoms with Crippen LogP contribution in [0.5, 0.6) is 0 Å². The highest BCUT2D eigenvalue weighted by Gasteiger charge is 2.22. The largest absolute Gasteiger partial charge is 0.445 e. The third kappa shape index (κ3) is 4.47. The zero-order chi connectivity index (χ0) is 12.9. The summed E-state index contributed by atoms with van der Waals surface area (Å²) in [6.45, 7) is 7.62. The van der Waals surface area contributed by atoms with Crippen LogP contribution in [0.1, 0.15) is 25.5 Å². The van der Waals surface area contributed by atoms with Gasteiger partial charge >= 0.3 is 0 Å². The van der Waals surface area contributed by atoms with Gasteiger partial charge in [-0.2, -0.15) is 0 Å². The lowest BCUT2D eigenvalue weighted by atomic mass is 10.4. The zero-order valence-electron chi connectivity index (χ0n) is 10.6. The second-order valence-electron chi connectivity index (χ2n) is 3.77. The van der Waals surface area contributed by atoms with Gasteiger partial charge in [0, 0.05) is 20.0 Å². The Morgan fingerprint density at radius 3 is 2.41 bits per heavy atom. The highest BCUT2D eigenvalue weighted by molar-refractivity contribution is 7.91. The molecule has 0 bridgehead atoms.